The van der Waals surface area contributed by atoms with Gasteiger partial charge in [0.15, 0.2) is 17.4 Å². The Hall–Kier alpha value is -2.05. The molecule has 1 N–H and O–H groups in total. The Morgan fingerprint density at radius 1 is 1.05 bits per heavy atom. The molecule has 0 bridgehead atoms. The van der Waals surface area contributed by atoms with Crippen LogP contribution in [0, 0.1) is 11.6 Å². The van der Waals surface area contributed by atoms with Gasteiger partial charge < -0.3 is 9.63 Å². The summed E-state index contributed by atoms with van der Waals surface area (Å²) in [6.45, 7) is -0.411. The molecule has 0 spiro atoms. The molecule has 3 rings (SSSR count). The standard InChI is InChI=1S/C16H10BrF2NO2/c17-12-6-2-1-4-9(12)16-11(8-21)15(20-22-16)10-5-3-7-13(18)14(10)19/h1-7,21H,8H2. The summed E-state index contributed by atoms with van der Waals surface area (Å²) in [7, 11) is 0. The van der Waals surface area contributed by atoms with Gasteiger partial charge in [0.25, 0.3) is 0 Å². The number of aromatic nitrogens is 1. The maximum atomic E-state index is 13.9. The van der Waals surface area contributed by atoms with Gasteiger partial charge in [-0.1, -0.05) is 39.3 Å². The summed E-state index contributed by atoms with van der Waals surface area (Å²) in [4.78, 5) is 0. The number of rotatable bonds is 3. The van der Waals surface area contributed by atoms with Crippen LogP contribution in [0.25, 0.3) is 22.6 Å². The van der Waals surface area contributed by atoms with Gasteiger partial charge in [0.1, 0.15) is 5.69 Å². The summed E-state index contributed by atoms with van der Waals surface area (Å²) in [5.74, 6) is -1.69. The minimum Gasteiger partial charge on any atom is -0.391 e. The molecule has 0 aliphatic rings. The summed E-state index contributed by atoms with van der Waals surface area (Å²) >= 11 is 3.38. The van der Waals surface area contributed by atoms with E-state index < -0.39 is 18.2 Å². The SMILES string of the molecule is OCc1c(-c2cccc(F)c2F)noc1-c1ccccc1Br. The van der Waals surface area contributed by atoms with E-state index in [9.17, 15) is 13.9 Å². The molecule has 0 aliphatic carbocycles. The number of hydrogen-bond acceptors (Lipinski definition) is 3. The van der Waals surface area contributed by atoms with Gasteiger partial charge in [-0.05, 0) is 24.3 Å². The molecule has 1 heterocycles. The lowest BCUT2D eigenvalue weighted by Gasteiger charge is -2.04. The van der Waals surface area contributed by atoms with Crippen LogP contribution in [-0.4, -0.2) is 10.3 Å². The Morgan fingerprint density at radius 2 is 1.77 bits per heavy atom. The van der Waals surface area contributed by atoms with E-state index in [-0.39, 0.29) is 11.3 Å². The highest BCUT2D eigenvalue weighted by Gasteiger charge is 2.22. The number of benzene rings is 2. The molecule has 112 valence electrons. The van der Waals surface area contributed by atoms with Gasteiger partial charge in [0.05, 0.1) is 12.2 Å². The second-order valence-electron chi connectivity index (χ2n) is 4.58. The topological polar surface area (TPSA) is 46.3 Å². The zero-order valence-corrected chi connectivity index (χ0v) is 12.8. The van der Waals surface area contributed by atoms with Crippen molar-refractivity contribution in [3.63, 3.8) is 0 Å². The molecule has 0 radical (unpaired) electrons. The summed E-state index contributed by atoms with van der Waals surface area (Å²) in [5.41, 5.74) is 1.01. The number of aliphatic hydroxyl groups excluding tert-OH is 1. The Kier molecular flexibility index (Phi) is 4.04. The van der Waals surface area contributed by atoms with Gasteiger partial charge in [0, 0.05) is 15.6 Å². The highest BCUT2D eigenvalue weighted by Crippen LogP contribution is 2.36. The molecule has 3 nitrogen and oxygen atoms in total. The van der Waals surface area contributed by atoms with Crippen molar-refractivity contribution in [2.75, 3.05) is 0 Å². The fourth-order valence-corrected chi connectivity index (χ4v) is 2.68. The van der Waals surface area contributed by atoms with E-state index in [2.05, 4.69) is 21.1 Å². The van der Waals surface area contributed by atoms with E-state index >= 15 is 0 Å². The molecule has 0 saturated heterocycles. The van der Waals surface area contributed by atoms with E-state index in [4.69, 9.17) is 4.52 Å². The van der Waals surface area contributed by atoms with E-state index in [1.165, 1.54) is 12.1 Å². The average molecular weight is 366 g/mol. The van der Waals surface area contributed by atoms with Gasteiger partial charge in [0.2, 0.25) is 0 Å². The second-order valence-corrected chi connectivity index (χ2v) is 5.43. The predicted octanol–water partition coefficient (Wildman–Crippen LogP) is 4.54. The van der Waals surface area contributed by atoms with Crippen LogP contribution < -0.4 is 0 Å². The third kappa shape index (κ3) is 2.44. The normalized spacial score (nSPS) is 10.9. The molecule has 22 heavy (non-hydrogen) atoms. The predicted molar refractivity (Wildman–Crippen MR) is 80.9 cm³/mol. The van der Waals surface area contributed by atoms with Crippen LogP contribution in [0.15, 0.2) is 51.5 Å². The maximum absolute atomic E-state index is 13.9. The van der Waals surface area contributed by atoms with Crippen LogP contribution in [-0.2, 0) is 6.61 Å². The first kappa shape index (κ1) is 14.9. The largest absolute Gasteiger partial charge is 0.391 e. The first-order valence-corrected chi connectivity index (χ1v) is 7.21. The van der Waals surface area contributed by atoms with Crippen LogP contribution in [0.5, 0.6) is 0 Å². The quantitative estimate of drug-likeness (QED) is 0.740. The van der Waals surface area contributed by atoms with Crippen molar-refractivity contribution < 1.29 is 18.4 Å². The van der Waals surface area contributed by atoms with Crippen LogP contribution in [0.1, 0.15) is 5.56 Å². The summed E-state index contributed by atoms with van der Waals surface area (Å²) in [6, 6.07) is 11.0. The Balaban J connectivity index is 2.20. The van der Waals surface area contributed by atoms with Gasteiger partial charge >= 0.3 is 0 Å². The van der Waals surface area contributed by atoms with Crippen molar-refractivity contribution in [2.45, 2.75) is 6.61 Å². The lowest BCUT2D eigenvalue weighted by molar-refractivity contribution is 0.281. The van der Waals surface area contributed by atoms with E-state index in [1.54, 1.807) is 18.2 Å². The monoisotopic (exact) mass is 365 g/mol. The summed E-state index contributed by atoms with van der Waals surface area (Å²) in [5, 5.41) is 13.4. The van der Waals surface area contributed by atoms with Gasteiger partial charge in [-0.3, -0.25) is 0 Å². The van der Waals surface area contributed by atoms with Gasteiger partial charge in [-0.2, -0.15) is 0 Å². The smallest absolute Gasteiger partial charge is 0.174 e. The zero-order chi connectivity index (χ0) is 15.7. The van der Waals surface area contributed by atoms with Crippen LogP contribution in [0.4, 0.5) is 8.78 Å². The molecule has 0 saturated carbocycles. The molecule has 0 aliphatic heterocycles. The third-order valence-electron chi connectivity index (χ3n) is 3.27. The minimum atomic E-state index is -1.02. The van der Waals surface area contributed by atoms with Crippen LogP contribution >= 0.6 is 15.9 Å². The molecular weight excluding hydrogens is 356 g/mol. The van der Waals surface area contributed by atoms with Gasteiger partial charge in [-0.25, -0.2) is 8.78 Å². The van der Waals surface area contributed by atoms with Crippen molar-refractivity contribution in [3.8, 4) is 22.6 Å². The highest BCUT2D eigenvalue weighted by atomic mass is 79.9. The summed E-state index contributed by atoms with van der Waals surface area (Å²) < 4.78 is 33.4. The van der Waals surface area contributed by atoms with Crippen molar-refractivity contribution in [1.82, 2.24) is 5.16 Å². The molecule has 1 aromatic heterocycles. The second kappa shape index (κ2) is 5.98. The molecule has 6 heteroatoms. The lowest BCUT2D eigenvalue weighted by Crippen LogP contribution is -1.94. The molecule has 3 aromatic rings. The van der Waals surface area contributed by atoms with E-state index in [0.29, 0.717) is 16.9 Å². The van der Waals surface area contributed by atoms with Gasteiger partial charge in [-0.15, -0.1) is 0 Å². The zero-order valence-electron chi connectivity index (χ0n) is 11.2. The van der Waals surface area contributed by atoms with Crippen molar-refractivity contribution in [2.24, 2.45) is 0 Å². The fourth-order valence-electron chi connectivity index (χ4n) is 2.21. The molecule has 0 fully saturated rings. The number of aliphatic hydroxyl groups is 1. The maximum Gasteiger partial charge on any atom is 0.174 e. The lowest BCUT2D eigenvalue weighted by atomic mass is 10.0. The summed E-state index contributed by atoms with van der Waals surface area (Å²) in [6.07, 6.45) is 0. The number of hydrogen-bond donors (Lipinski definition) is 1. The van der Waals surface area contributed by atoms with E-state index in [0.717, 1.165) is 10.5 Å². The molecule has 2 aromatic carbocycles. The first-order valence-electron chi connectivity index (χ1n) is 6.42. The molecule has 0 amide bonds. The highest BCUT2D eigenvalue weighted by molar-refractivity contribution is 9.10. The van der Waals surface area contributed by atoms with Crippen molar-refractivity contribution in [3.05, 3.63) is 64.1 Å². The van der Waals surface area contributed by atoms with Crippen molar-refractivity contribution in [1.29, 1.82) is 0 Å². The van der Waals surface area contributed by atoms with E-state index in [1.807, 2.05) is 6.07 Å². The molecule has 0 unspecified atom stereocenters. The third-order valence-corrected chi connectivity index (χ3v) is 3.96. The fraction of sp³-hybridized carbons (Fsp3) is 0.0625. The Morgan fingerprint density at radius 3 is 2.50 bits per heavy atom. The van der Waals surface area contributed by atoms with Crippen molar-refractivity contribution >= 4 is 15.9 Å². The molecule has 0 atom stereocenters. The molecular formula is C16H10BrF2NO2. The number of nitrogens with zero attached hydrogens (tertiary/aromatic N) is 1. The van der Waals surface area contributed by atoms with Crippen LogP contribution in [0.2, 0.25) is 0 Å². The van der Waals surface area contributed by atoms with Crippen LogP contribution in [0.3, 0.4) is 0 Å². The first-order chi connectivity index (χ1) is 10.6. The number of halogens is 3. The minimum absolute atomic E-state index is 0.0499. The Labute approximate surface area is 133 Å². The Bertz CT molecular complexity index is 833. The average Bonchev–Trinajstić information content (AvgIpc) is 2.94.